The Morgan fingerprint density at radius 3 is 2.32 bits per heavy atom. The maximum atomic E-state index is 9.87. The van der Waals surface area contributed by atoms with Crippen molar-refractivity contribution in [1.29, 1.82) is 0 Å². The number of hydrogen-bond acceptors (Lipinski definition) is 3. The van der Waals surface area contributed by atoms with Gasteiger partial charge in [-0.3, -0.25) is 0 Å². The Morgan fingerprint density at radius 1 is 1.21 bits per heavy atom. The molecule has 2 unspecified atom stereocenters. The Labute approximate surface area is 117 Å². The van der Waals surface area contributed by atoms with E-state index in [1.54, 1.807) is 0 Å². The van der Waals surface area contributed by atoms with E-state index in [9.17, 15) is 5.11 Å². The molecule has 2 N–H and O–H groups in total. The first-order valence-electron chi connectivity index (χ1n) is 7.08. The van der Waals surface area contributed by atoms with Crippen LogP contribution in [0, 0.1) is 5.92 Å². The van der Waals surface area contributed by atoms with Gasteiger partial charge in [0, 0.05) is 0 Å². The van der Waals surface area contributed by atoms with E-state index in [2.05, 4.69) is 26.1 Å². The lowest BCUT2D eigenvalue weighted by molar-refractivity contribution is -0.0219. The lowest BCUT2D eigenvalue weighted by Crippen LogP contribution is -2.50. The van der Waals surface area contributed by atoms with Gasteiger partial charge in [0.2, 0.25) is 0 Å². The highest BCUT2D eigenvalue weighted by atomic mass is 16.5. The van der Waals surface area contributed by atoms with E-state index in [0.29, 0.717) is 12.5 Å². The SMILES string of the molecule is CCNC(CO)(COC(C)C(C)C)c1ccccc1. The van der Waals surface area contributed by atoms with E-state index < -0.39 is 5.54 Å². The molecule has 0 aliphatic rings. The van der Waals surface area contributed by atoms with Gasteiger partial charge in [-0.15, -0.1) is 0 Å². The van der Waals surface area contributed by atoms with Crippen LogP contribution in [0.2, 0.25) is 0 Å². The number of hydrogen-bond donors (Lipinski definition) is 2. The summed E-state index contributed by atoms with van der Waals surface area (Å²) < 4.78 is 5.94. The maximum Gasteiger partial charge on any atom is 0.0906 e. The minimum atomic E-state index is -0.515. The molecule has 108 valence electrons. The number of ether oxygens (including phenoxy) is 1. The lowest BCUT2D eigenvalue weighted by atomic mass is 9.91. The molecule has 0 aliphatic carbocycles. The molecule has 0 radical (unpaired) electrons. The maximum absolute atomic E-state index is 9.87. The van der Waals surface area contributed by atoms with E-state index in [1.165, 1.54) is 0 Å². The molecule has 1 aromatic rings. The van der Waals surface area contributed by atoms with Gasteiger partial charge in [0.1, 0.15) is 0 Å². The predicted molar refractivity (Wildman–Crippen MR) is 79.1 cm³/mol. The summed E-state index contributed by atoms with van der Waals surface area (Å²) >= 11 is 0. The van der Waals surface area contributed by atoms with Crippen LogP contribution in [0.3, 0.4) is 0 Å². The van der Waals surface area contributed by atoms with Crippen LogP contribution >= 0.6 is 0 Å². The summed E-state index contributed by atoms with van der Waals surface area (Å²) in [5, 5.41) is 13.3. The van der Waals surface area contributed by atoms with Crippen molar-refractivity contribution in [2.75, 3.05) is 19.8 Å². The monoisotopic (exact) mass is 265 g/mol. The average Bonchev–Trinajstić information content (AvgIpc) is 2.44. The molecule has 1 aromatic carbocycles. The van der Waals surface area contributed by atoms with Crippen LogP contribution < -0.4 is 5.32 Å². The number of aliphatic hydroxyl groups excluding tert-OH is 1. The Hall–Kier alpha value is -0.900. The van der Waals surface area contributed by atoms with Crippen molar-refractivity contribution >= 4 is 0 Å². The Kier molecular flexibility index (Phi) is 6.49. The van der Waals surface area contributed by atoms with E-state index in [4.69, 9.17) is 4.74 Å². The largest absolute Gasteiger partial charge is 0.394 e. The van der Waals surface area contributed by atoms with Crippen molar-refractivity contribution in [2.45, 2.75) is 39.3 Å². The molecule has 3 heteroatoms. The smallest absolute Gasteiger partial charge is 0.0906 e. The quantitative estimate of drug-likeness (QED) is 0.759. The van der Waals surface area contributed by atoms with E-state index in [-0.39, 0.29) is 12.7 Å². The Bertz CT molecular complexity index is 353. The van der Waals surface area contributed by atoms with E-state index in [1.807, 2.05) is 37.3 Å². The molecule has 0 bridgehead atoms. The molecular formula is C16H27NO2. The standard InChI is InChI=1S/C16H27NO2/c1-5-17-16(11-18,12-19-14(4)13(2)3)15-9-7-6-8-10-15/h6-10,13-14,17-18H,5,11-12H2,1-4H3. The van der Waals surface area contributed by atoms with Gasteiger partial charge in [-0.1, -0.05) is 51.1 Å². The van der Waals surface area contributed by atoms with E-state index in [0.717, 1.165) is 12.1 Å². The molecular weight excluding hydrogens is 238 g/mol. The third-order valence-corrected chi connectivity index (χ3v) is 3.64. The molecule has 0 fully saturated rings. The summed E-state index contributed by atoms with van der Waals surface area (Å²) in [7, 11) is 0. The molecule has 3 nitrogen and oxygen atoms in total. The van der Waals surface area contributed by atoms with Crippen molar-refractivity contribution < 1.29 is 9.84 Å². The van der Waals surface area contributed by atoms with Gasteiger partial charge >= 0.3 is 0 Å². The highest BCUT2D eigenvalue weighted by Gasteiger charge is 2.31. The topological polar surface area (TPSA) is 41.5 Å². The molecule has 0 saturated heterocycles. The summed E-state index contributed by atoms with van der Waals surface area (Å²) in [4.78, 5) is 0. The molecule has 0 saturated carbocycles. The first-order chi connectivity index (χ1) is 9.05. The molecule has 0 aromatic heterocycles. The lowest BCUT2D eigenvalue weighted by Gasteiger charge is -2.34. The molecule has 2 atom stereocenters. The second-order valence-corrected chi connectivity index (χ2v) is 5.40. The van der Waals surface area contributed by atoms with Crippen LogP contribution in [0.4, 0.5) is 0 Å². The van der Waals surface area contributed by atoms with Gasteiger partial charge in [-0.2, -0.15) is 0 Å². The summed E-state index contributed by atoms with van der Waals surface area (Å²) in [5.41, 5.74) is 0.550. The zero-order valence-corrected chi connectivity index (χ0v) is 12.5. The third kappa shape index (κ3) is 4.30. The van der Waals surface area contributed by atoms with Gasteiger partial charge in [-0.25, -0.2) is 0 Å². The predicted octanol–water partition coefficient (Wildman–Crippen LogP) is 2.54. The zero-order valence-electron chi connectivity index (χ0n) is 12.5. The first-order valence-corrected chi connectivity index (χ1v) is 7.08. The highest BCUT2D eigenvalue weighted by Crippen LogP contribution is 2.22. The summed E-state index contributed by atoms with van der Waals surface area (Å²) in [6, 6.07) is 10.0. The number of rotatable bonds is 8. The average molecular weight is 265 g/mol. The minimum Gasteiger partial charge on any atom is -0.394 e. The summed E-state index contributed by atoms with van der Waals surface area (Å²) in [5.74, 6) is 0.466. The highest BCUT2D eigenvalue weighted by molar-refractivity contribution is 5.25. The fourth-order valence-electron chi connectivity index (χ4n) is 1.99. The van der Waals surface area contributed by atoms with Crippen LogP contribution in [0.15, 0.2) is 30.3 Å². The van der Waals surface area contributed by atoms with Crippen molar-refractivity contribution in [3.8, 4) is 0 Å². The number of aliphatic hydroxyl groups is 1. The van der Waals surface area contributed by atoms with Gasteiger partial charge in [0.15, 0.2) is 0 Å². The summed E-state index contributed by atoms with van der Waals surface area (Å²) in [6.07, 6.45) is 0.174. The van der Waals surface area contributed by atoms with Crippen molar-refractivity contribution in [3.05, 3.63) is 35.9 Å². The Morgan fingerprint density at radius 2 is 1.84 bits per heavy atom. The van der Waals surface area contributed by atoms with Crippen LogP contribution in [0.5, 0.6) is 0 Å². The summed E-state index contributed by atoms with van der Waals surface area (Å²) in [6.45, 7) is 9.68. The van der Waals surface area contributed by atoms with Gasteiger partial charge in [-0.05, 0) is 24.9 Å². The second-order valence-electron chi connectivity index (χ2n) is 5.40. The van der Waals surface area contributed by atoms with Crippen molar-refractivity contribution in [3.63, 3.8) is 0 Å². The third-order valence-electron chi connectivity index (χ3n) is 3.64. The minimum absolute atomic E-state index is 0.0235. The number of nitrogens with one attached hydrogen (secondary N) is 1. The zero-order chi connectivity index (χ0) is 14.3. The van der Waals surface area contributed by atoms with Crippen molar-refractivity contribution in [1.82, 2.24) is 5.32 Å². The first kappa shape index (κ1) is 16.2. The van der Waals surface area contributed by atoms with Gasteiger partial charge in [0.25, 0.3) is 0 Å². The second kappa shape index (κ2) is 7.63. The van der Waals surface area contributed by atoms with E-state index >= 15 is 0 Å². The Balaban J connectivity index is 2.87. The molecule has 19 heavy (non-hydrogen) atoms. The fourth-order valence-corrected chi connectivity index (χ4v) is 1.99. The number of likely N-dealkylation sites (N-methyl/N-ethyl adjacent to an activating group) is 1. The molecule has 0 aliphatic heterocycles. The molecule has 0 spiro atoms. The molecule has 0 heterocycles. The van der Waals surface area contributed by atoms with Crippen LogP contribution in [0.25, 0.3) is 0 Å². The number of benzene rings is 1. The fraction of sp³-hybridized carbons (Fsp3) is 0.625. The molecule has 0 amide bonds. The normalized spacial score (nSPS) is 16.3. The van der Waals surface area contributed by atoms with Gasteiger partial charge in [0.05, 0.1) is 24.9 Å². The van der Waals surface area contributed by atoms with Gasteiger partial charge < -0.3 is 15.2 Å². The van der Waals surface area contributed by atoms with Crippen LogP contribution in [0.1, 0.15) is 33.3 Å². The van der Waals surface area contributed by atoms with Crippen LogP contribution in [-0.2, 0) is 10.3 Å². The van der Waals surface area contributed by atoms with Crippen molar-refractivity contribution in [2.24, 2.45) is 5.92 Å². The molecule has 1 rings (SSSR count). The van der Waals surface area contributed by atoms with Crippen LogP contribution in [-0.4, -0.2) is 31.0 Å².